The predicted octanol–water partition coefficient (Wildman–Crippen LogP) is 4.93. The standard InChI is InChI=1S/C25H25N5O2S/c1-18-9-8-12-20(15-18)30-23(16-26-21-13-6-7-14-22(21)32-2)28-29-25(30)33-17-24(31)27-19-10-4-3-5-11-19/h3-15,26H,16-17H2,1-2H3,(H,27,31). The molecule has 0 aliphatic heterocycles. The molecule has 0 saturated carbocycles. The summed E-state index contributed by atoms with van der Waals surface area (Å²) in [5.41, 5.74) is 3.71. The third kappa shape index (κ3) is 5.72. The number of methoxy groups -OCH3 is 1. The molecular weight excluding hydrogens is 434 g/mol. The lowest BCUT2D eigenvalue weighted by Gasteiger charge is -2.13. The van der Waals surface area contributed by atoms with E-state index in [1.807, 2.05) is 84.3 Å². The number of aryl methyl sites for hydroxylation is 1. The summed E-state index contributed by atoms with van der Waals surface area (Å²) < 4.78 is 7.41. The van der Waals surface area contributed by atoms with Gasteiger partial charge in [-0.25, -0.2) is 0 Å². The number of aromatic nitrogens is 3. The van der Waals surface area contributed by atoms with Crippen molar-refractivity contribution in [1.29, 1.82) is 0 Å². The zero-order valence-corrected chi connectivity index (χ0v) is 19.3. The van der Waals surface area contributed by atoms with Gasteiger partial charge < -0.3 is 15.4 Å². The zero-order chi connectivity index (χ0) is 23.0. The van der Waals surface area contributed by atoms with E-state index in [1.165, 1.54) is 11.8 Å². The number of thioether (sulfide) groups is 1. The minimum absolute atomic E-state index is 0.0984. The Morgan fingerprint density at radius 3 is 2.58 bits per heavy atom. The smallest absolute Gasteiger partial charge is 0.234 e. The van der Waals surface area contributed by atoms with Crippen molar-refractivity contribution in [3.63, 3.8) is 0 Å². The van der Waals surface area contributed by atoms with E-state index < -0.39 is 0 Å². The van der Waals surface area contributed by atoms with Crippen LogP contribution in [-0.4, -0.2) is 33.5 Å². The van der Waals surface area contributed by atoms with Crippen LogP contribution in [-0.2, 0) is 11.3 Å². The van der Waals surface area contributed by atoms with Gasteiger partial charge in [-0.15, -0.1) is 10.2 Å². The van der Waals surface area contributed by atoms with E-state index in [4.69, 9.17) is 4.74 Å². The van der Waals surface area contributed by atoms with Gasteiger partial charge in [-0.1, -0.05) is 54.2 Å². The van der Waals surface area contributed by atoms with Crippen LogP contribution in [0.3, 0.4) is 0 Å². The molecule has 1 amide bonds. The Balaban J connectivity index is 1.54. The normalized spacial score (nSPS) is 10.6. The minimum Gasteiger partial charge on any atom is -0.495 e. The van der Waals surface area contributed by atoms with E-state index in [9.17, 15) is 4.79 Å². The van der Waals surface area contributed by atoms with Crippen LogP contribution in [0.2, 0.25) is 0 Å². The molecule has 4 rings (SSSR count). The molecule has 0 fully saturated rings. The SMILES string of the molecule is COc1ccccc1NCc1nnc(SCC(=O)Nc2ccccc2)n1-c1cccc(C)c1. The topological polar surface area (TPSA) is 81.1 Å². The van der Waals surface area contributed by atoms with Crippen molar-refractivity contribution >= 4 is 29.0 Å². The Morgan fingerprint density at radius 2 is 1.79 bits per heavy atom. The molecule has 0 aliphatic carbocycles. The highest BCUT2D eigenvalue weighted by Crippen LogP contribution is 2.26. The molecule has 0 radical (unpaired) electrons. The largest absolute Gasteiger partial charge is 0.495 e. The Kier molecular flexibility index (Phi) is 7.26. The Hall–Kier alpha value is -3.78. The summed E-state index contributed by atoms with van der Waals surface area (Å²) in [5, 5.41) is 15.7. The number of carbonyl (C=O) groups excluding carboxylic acids is 1. The molecule has 3 aromatic carbocycles. The first kappa shape index (κ1) is 22.4. The lowest BCUT2D eigenvalue weighted by molar-refractivity contribution is -0.113. The molecule has 168 valence electrons. The van der Waals surface area contributed by atoms with Crippen molar-refractivity contribution in [2.75, 3.05) is 23.5 Å². The summed E-state index contributed by atoms with van der Waals surface area (Å²) >= 11 is 1.35. The van der Waals surface area contributed by atoms with Crippen LogP contribution in [0.1, 0.15) is 11.4 Å². The summed E-state index contributed by atoms with van der Waals surface area (Å²) in [5.74, 6) is 1.61. The first-order valence-corrected chi connectivity index (χ1v) is 11.5. The number of ether oxygens (including phenoxy) is 1. The molecule has 0 aliphatic rings. The van der Waals surface area contributed by atoms with Crippen molar-refractivity contribution < 1.29 is 9.53 Å². The van der Waals surface area contributed by atoms with Gasteiger partial charge in [0.2, 0.25) is 5.91 Å². The van der Waals surface area contributed by atoms with Crippen LogP contribution in [0.15, 0.2) is 84.0 Å². The summed E-state index contributed by atoms with van der Waals surface area (Å²) in [6, 6.07) is 25.3. The molecule has 0 bridgehead atoms. The highest BCUT2D eigenvalue weighted by atomic mass is 32.2. The number of hydrogen-bond acceptors (Lipinski definition) is 6. The summed E-state index contributed by atoms with van der Waals surface area (Å²) in [4.78, 5) is 12.5. The average molecular weight is 460 g/mol. The average Bonchev–Trinajstić information content (AvgIpc) is 3.25. The van der Waals surface area contributed by atoms with Crippen LogP contribution in [0, 0.1) is 6.92 Å². The van der Waals surface area contributed by atoms with Gasteiger partial charge in [0.05, 0.1) is 25.1 Å². The van der Waals surface area contributed by atoms with Gasteiger partial charge in [0.15, 0.2) is 11.0 Å². The van der Waals surface area contributed by atoms with E-state index in [-0.39, 0.29) is 11.7 Å². The highest BCUT2D eigenvalue weighted by molar-refractivity contribution is 7.99. The molecule has 4 aromatic rings. The Morgan fingerprint density at radius 1 is 1.00 bits per heavy atom. The van der Waals surface area contributed by atoms with Gasteiger partial charge in [0.25, 0.3) is 0 Å². The monoisotopic (exact) mass is 459 g/mol. The summed E-state index contributed by atoms with van der Waals surface area (Å²) in [7, 11) is 1.64. The summed E-state index contributed by atoms with van der Waals surface area (Å²) in [6.07, 6.45) is 0. The van der Waals surface area contributed by atoms with Gasteiger partial charge in [-0.2, -0.15) is 0 Å². The van der Waals surface area contributed by atoms with E-state index >= 15 is 0 Å². The van der Waals surface area contributed by atoms with Crippen LogP contribution >= 0.6 is 11.8 Å². The van der Waals surface area contributed by atoms with E-state index in [0.717, 1.165) is 34.2 Å². The fraction of sp³-hybridized carbons (Fsp3) is 0.160. The molecule has 0 spiro atoms. The number of rotatable bonds is 9. The third-order valence-corrected chi connectivity index (χ3v) is 5.82. The van der Waals surface area contributed by atoms with Crippen molar-refractivity contribution in [2.45, 2.75) is 18.6 Å². The third-order valence-electron chi connectivity index (χ3n) is 4.89. The Bertz CT molecular complexity index is 1230. The van der Waals surface area contributed by atoms with E-state index in [2.05, 4.69) is 26.9 Å². The molecule has 0 atom stereocenters. The van der Waals surface area contributed by atoms with Gasteiger partial charge in [0, 0.05) is 11.4 Å². The molecule has 33 heavy (non-hydrogen) atoms. The maximum Gasteiger partial charge on any atom is 0.234 e. The van der Waals surface area contributed by atoms with Crippen LogP contribution in [0.25, 0.3) is 5.69 Å². The molecule has 0 unspecified atom stereocenters. The van der Waals surface area contributed by atoms with E-state index in [0.29, 0.717) is 11.7 Å². The molecule has 8 heteroatoms. The number of anilines is 2. The number of nitrogens with one attached hydrogen (secondary N) is 2. The van der Waals surface area contributed by atoms with Crippen LogP contribution in [0.4, 0.5) is 11.4 Å². The number of benzene rings is 3. The van der Waals surface area contributed by atoms with Crippen molar-refractivity contribution in [3.05, 3.63) is 90.3 Å². The summed E-state index contributed by atoms with van der Waals surface area (Å²) in [6.45, 7) is 2.48. The fourth-order valence-corrected chi connectivity index (χ4v) is 4.12. The van der Waals surface area contributed by atoms with Crippen LogP contribution in [0.5, 0.6) is 5.75 Å². The van der Waals surface area contributed by atoms with Gasteiger partial charge >= 0.3 is 0 Å². The number of nitrogens with zero attached hydrogens (tertiary/aromatic N) is 3. The highest BCUT2D eigenvalue weighted by Gasteiger charge is 2.16. The van der Waals surface area contributed by atoms with E-state index in [1.54, 1.807) is 7.11 Å². The fourth-order valence-electron chi connectivity index (χ4n) is 3.35. The number of amides is 1. The molecule has 1 aromatic heterocycles. The van der Waals surface area contributed by atoms with Gasteiger partial charge in [-0.05, 0) is 48.9 Å². The minimum atomic E-state index is -0.0984. The lowest BCUT2D eigenvalue weighted by Crippen LogP contribution is -2.14. The first-order chi connectivity index (χ1) is 16.1. The van der Waals surface area contributed by atoms with Gasteiger partial charge in [0.1, 0.15) is 5.75 Å². The maximum atomic E-state index is 12.5. The second-order valence-electron chi connectivity index (χ2n) is 7.33. The second kappa shape index (κ2) is 10.7. The number of carbonyl (C=O) groups is 1. The first-order valence-electron chi connectivity index (χ1n) is 10.5. The molecular formula is C25H25N5O2S. The molecule has 0 saturated heterocycles. The second-order valence-corrected chi connectivity index (χ2v) is 8.27. The predicted molar refractivity (Wildman–Crippen MR) is 132 cm³/mol. The van der Waals surface area contributed by atoms with Gasteiger partial charge in [-0.3, -0.25) is 9.36 Å². The lowest BCUT2D eigenvalue weighted by atomic mass is 10.2. The van der Waals surface area contributed by atoms with Crippen LogP contribution < -0.4 is 15.4 Å². The Labute approximate surface area is 197 Å². The maximum absolute atomic E-state index is 12.5. The molecule has 1 heterocycles. The number of para-hydroxylation sites is 3. The van der Waals surface area contributed by atoms with Crippen molar-refractivity contribution in [3.8, 4) is 11.4 Å². The molecule has 7 nitrogen and oxygen atoms in total. The zero-order valence-electron chi connectivity index (χ0n) is 18.5. The quantitative estimate of drug-likeness (QED) is 0.346. The van der Waals surface area contributed by atoms with Crippen molar-refractivity contribution in [2.24, 2.45) is 0 Å². The van der Waals surface area contributed by atoms with Crippen molar-refractivity contribution in [1.82, 2.24) is 14.8 Å². The molecule has 2 N–H and O–H groups in total. The number of hydrogen-bond donors (Lipinski definition) is 2.